The van der Waals surface area contributed by atoms with Crippen molar-refractivity contribution in [2.45, 2.75) is 38.8 Å². The fourth-order valence-corrected chi connectivity index (χ4v) is 3.12. The van der Waals surface area contributed by atoms with Crippen LogP contribution in [-0.2, 0) is 0 Å². The van der Waals surface area contributed by atoms with E-state index in [4.69, 9.17) is 0 Å². The van der Waals surface area contributed by atoms with Crippen molar-refractivity contribution in [2.75, 3.05) is 5.75 Å². The summed E-state index contributed by atoms with van der Waals surface area (Å²) in [5.74, 6) is 0.836. The highest BCUT2D eigenvalue weighted by atomic mass is 32.2. The van der Waals surface area contributed by atoms with E-state index in [0.29, 0.717) is 0 Å². The molecular formula is C14H19FN2S. The van der Waals surface area contributed by atoms with E-state index in [0.717, 1.165) is 22.9 Å². The van der Waals surface area contributed by atoms with E-state index in [9.17, 15) is 4.39 Å². The number of amidine groups is 1. The summed E-state index contributed by atoms with van der Waals surface area (Å²) in [6, 6.07) is 6.63. The lowest BCUT2D eigenvalue weighted by atomic mass is 10.0. The highest BCUT2D eigenvalue weighted by Gasteiger charge is 2.30. The maximum Gasteiger partial charge on any atom is 0.157 e. The zero-order chi connectivity index (χ0) is 13.2. The van der Waals surface area contributed by atoms with Gasteiger partial charge in [-0.2, -0.15) is 0 Å². The molecule has 1 N–H and O–H groups in total. The Morgan fingerprint density at radius 3 is 2.94 bits per heavy atom. The molecule has 0 spiro atoms. The van der Waals surface area contributed by atoms with E-state index in [1.165, 1.54) is 6.07 Å². The van der Waals surface area contributed by atoms with E-state index in [1.807, 2.05) is 13.0 Å². The molecule has 0 saturated carbocycles. The zero-order valence-corrected chi connectivity index (χ0v) is 11.9. The van der Waals surface area contributed by atoms with Crippen molar-refractivity contribution in [2.24, 2.45) is 4.99 Å². The van der Waals surface area contributed by atoms with Gasteiger partial charge in [0, 0.05) is 11.3 Å². The van der Waals surface area contributed by atoms with Crippen molar-refractivity contribution in [3.8, 4) is 0 Å². The van der Waals surface area contributed by atoms with Crippen LogP contribution in [0.3, 0.4) is 0 Å². The third-order valence-electron chi connectivity index (χ3n) is 3.36. The predicted octanol–water partition coefficient (Wildman–Crippen LogP) is 3.75. The number of thioether (sulfide) groups is 1. The molecule has 2 nitrogen and oxygen atoms in total. The summed E-state index contributed by atoms with van der Waals surface area (Å²) in [5.41, 5.74) is 1.06. The van der Waals surface area contributed by atoms with E-state index in [1.54, 1.807) is 23.9 Å². The smallest absolute Gasteiger partial charge is 0.157 e. The van der Waals surface area contributed by atoms with Crippen LogP contribution in [0, 0.1) is 5.82 Å². The molecule has 2 rings (SSSR count). The first-order valence-electron chi connectivity index (χ1n) is 6.27. The third kappa shape index (κ3) is 3.05. The molecule has 2 atom stereocenters. The number of rotatable bonds is 3. The number of hydrogen-bond acceptors (Lipinski definition) is 2. The molecule has 0 aliphatic carbocycles. The molecule has 1 saturated heterocycles. The molecular weight excluding hydrogens is 247 g/mol. The molecule has 18 heavy (non-hydrogen) atoms. The normalized spacial score (nSPS) is 27.2. The topological polar surface area (TPSA) is 24.4 Å². The second-order valence-corrected chi connectivity index (χ2v) is 5.96. The lowest BCUT2D eigenvalue weighted by Crippen LogP contribution is -2.39. The Morgan fingerprint density at radius 1 is 1.56 bits per heavy atom. The Hall–Kier alpha value is -1.03. The molecule has 0 bridgehead atoms. The number of benzene rings is 1. The Morgan fingerprint density at radius 2 is 2.33 bits per heavy atom. The van der Waals surface area contributed by atoms with Crippen LogP contribution in [0.25, 0.3) is 0 Å². The van der Waals surface area contributed by atoms with Crippen LogP contribution < -0.4 is 5.32 Å². The molecule has 1 aromatic rings. The minimum Gasteiger partial charge on any atom is -0.359 e. The van der Waals surface area contributed by atoms with Crippen molar-refractivity contribution in [3.63, 3.8) is 0 Å². The van der Waals surface area contributed by atoms with Gasteiger partial charge in [0.05, 0.1) is 6.04 Å². The average molecular weight is 266 g/mol. The Labute approximate surface area is 112 Å². The number of hydrogen-bond donors (Lipinski definition) is 1. The Bertz CT molecular complexity index is 461. The van der Waals surface area contributed by atoms with Gasteiger partial charge in [-0.3, -0.25) is 4.99 Å². The van der Waals surface area contributed by atoms with Crippen molar-refractivity contribution in [1.82, 2.24) is 5.32 Å². The van der Waals surface area contributed by atoms with Crippen LogP contribution in [0.15, 0.2) is 29.3 Å². The highest BCUT2D eigenvalue weighted by Crippen LogP contribution is 2.28. The molecule has 2 unspecified atom stereocenters. The summed E-state index contributed by atoms with van der Waals surface area (Å²) in [7, 11) is 0. The molecule has 1 aromatic carbocycles. The summed E-state index contributed by atoms with van der Waals surface area (Å²) in [6.07, 6.45) is 1.08. The summed E-state index contributed by atoms with van der Waals surface area (Å²) >= 11 is 1.75. The minimum absolute atomic E-state index is 0.0186. The summed E-state index contributed by atoms with van der Waals surface area (Å²) < 4.78 is 13.1. The van der Waals surface area contributed by atoms with Crippen LogP contribution in [0.2, 0.25) is 0 Å². The highest BCUT2D eigenvalue weighted by molar-refractivity contribution is 8.14. The molecule has 0 amide bonds. The zero-order valence-electron chi connectivity index (χ0n) is 11.0. The minimum atomic E-state index is -0.204. The van der Waals surface area contributed by atoms with E-state index < -0.39 is 0 Å². The fraction of sp³-hybridized carbons (Fsp3) is 0.500. The molecule has 1 heterocycles. The summed E-state index contributed by atoms with van der Waals surface area (Å²) in [6.45, 7) is 6.37. The van der Waals surface area contributed by atoms with Crippen molar-refractivity contribution in [3.05, 3.63) is 35.6 Å². The van der Waals surface area contributed by atoms with Gasteiger partial charge in [-0.15, -0.1) is 0 Å². The van der Waals surface area contributed by atoms with Gasteiger partial charge < -0.3 is 5.32 Å². The van der Waals surface area contributed by atoms with E-state index in [2.05, 4.69) is 24.2 Å². The first-order valence-corrected chi connectivity index (χ1v) is 7.25. The van der Waals surface area contributed by atoms with Gasteiger partial charge in [-0.05, 0) is 38.0 Å². The van der Waals surface area contributed by atoms with Crippen LogP contribution in [0.5, 0.6) is 0 Å². The Kier molecular flexibility index (Phi) is 3.95. The number of halogens is 1. The average Bonchev–Trinajstić information content (AvgIpc) is 2.72. The van der Waals surface area contributed by atoms with E-state index in [-0.39, 0.29) is 17.4 Å². The maximum absolute atomic E-state index is 13.1. The quantitative estimate of drug-likeness (QED) is 0.901. The van der Waals surface area contributed by atoms with Crippen molar-refractivity contribution >= 4 is 16.9 Å². The fourth-order valence-electron chi connectivity index (χ4n) is 1.83. The molecule has 0 aromatic heterocycles. The maximum atomic E-state index is 13.1. The number of aliphatic imine (C=N–C) groups is 1. The van der Waals surface area contributed by atoms with Crippen molar-refractivity contribution < 1.29 is 4.39 Å². The van der Waals surface area contributed by atoms with Gasteiger partial charge in [-0.1, -0.05) is 30.8 Å². The SMILES string of the molecule is CCC1(C)CSC(=NC(C)c2cccc(F)c2)N1. The molecule has 0 radical (unpaired) electrons. The third-order valence-corrected chi connectivity index (χ3v) is 4.62. The van der Waals surface area contributed by atoms with Gasteiger partial charge in [-0.25, -0.2) is 4.39 Å². The van der Waals surface area contributed by atoms with Gasteiger partial charge in [0.25, 0.3) is 0 Å². The van der Waals surface area contributed by atoms with Crippen LogP contribution in [-0.4, -0.2) is 16.5 Å². The summed E-state index contributed by atoms with van der Waals surface area (Å²) in [4.78, 5) is 4.63. The predicted molar refractivity (Wildman–Crippen MR) is 76.5 cm³/mol. The number of nitrogens with zero attached hydrogens (tertiary/aromatic N) is 1. The van der Waals surface area contributed by atoms with Crippen LogP contribution >= 0.6 is 11.8 Å². The molecule has 1 aliphatic rings. The lowest BCUT2D eigenvalue weighted by Gasteiger charge is -2.21. The van der Waals surface area contributed by atoms with Gasteiger partial charge in [0.15, 0.2) is 5.17 Å². The standard InChI is InChI=1S/C14H19FN2S/c1-4-14(3)9-18-13(17-14)16-10(2)11-6-5-7-12(15)8-11/h5-8,10H,4,9H2,1-3H3,(H,16,17). The van der Waals surface area contributed by atoms with Crippen molar-refractivity contribution in [1.29, 1.82) is 0 Å². The lowest BCUT2D eigenvalue weighted by molar-refractivity contribution is 0.465. The van der Waals surface area contributed by atoms with Crippen LogP contribution in [0.1, 0.15) is 38.8 Å². The molecule has 1 fully saturated rings. The Balaban J connectivity index is 2.10. The summed E-state index contributed by atoms with van der Waals surface area (Å²) in [5, 5.41) is 4.42. The largest absolute Gasteiger partial charge is 0.359 e. The van der Waals surface area contributed by atoms with Gasteiger partial charge in [0.1, 0.15) is 5.82 Å². The molecule has 1 aliphatic heterocycles. The molecule has 4 heteroatoms. The second kappa shape index (κ2) is 5.31. The van der Waals surface area contributed by atoms with Gasteiger partial charge in [0.2, 0.25) is 0 Å². The number of nitrogens with one attached hydrogen (secondary N) is 1. The van der Waals surface area contributed by atoms with Gasteiger partial charge >= 0.3 is 0 Å². The monoisotopic (exact) mass is 266 g/mol. The second-order valence-electron chi connectivity index (χ2n) is 4.99. The first-order chi connectivity index (χ1) is 8.52. The first kappa shape index (κ1) is 13.4. The van der Waals surface area contributed by atoms with E-state index >= 15 is 0 Å². The molecule has 98 valence electrons. The van der Waals surface area contributed by atoms with Crippen LogP contribution in [0.4, 0.5) is 4.39 Å².